The van der Waals surface area contributed by atoms with Gasteiger partial charge in [0.2, 0.25) is 0 Å². The number of nitrogens with zero attached hydrogens (tertiary/aromatic N) is 1. The van der Waals surface area contributed by atoms with Crippen molar-refractivity contribution >= 4 is 22.5 Å². The minimum absolute atomic E-state index is 0.0856. The highest BCUT2D eigenvalue weighted by Gasteiger charge is 2.12. The van der Waals surface area contributed by atoms with Crippen molar-refractivity contribution in [2.45, 2.75) is 25.5 Å². The lowest BCUT2D eigenvalue weighted by atomic mass is 10.2. The Labute approximate surface area is 116 Å². The van der Waals surface area contributed by atoms with Crippen molar-refractivity contribution in [3.05, 3.63) is 23.9 Å². The van der Waals surface area contributed by atoms with Crippen molar-refractivity contribution in [2.24, 2.45) is 0 Å². The first-order valence-electron chi connectivity index (χ1n) is 6.35. The molecular weight excluding hydrogens is 262 g/mol. The summed E-state index contributed by atoms with van der Waals surface area (Å²) in [5.74, 6) is 0.438. The van der Waals surface area contributed by atoms with E-state index in [-0.39, 0.29) is 11.2 Å². The highest BCUT2D eigenvalue weighted by atomic mass is 32.2. The van der Waals surface area contributed by atoms with E-state index in [2.05, 4.69) is 15.6 Å². The predicted octanol–water partition coefficient (Wildman–Crippen LogP) is 1.40. The Hall–Kier alpha value is -1.43. The molecule has 2 atom stereocenters. The average Bonchev–Trinajstić information content (AvgIpc) is 2.39. The molecule has 0 saturated heterocycles. The number of pyridine rings is 1. The van der Waals surface area contributed by atoms with Gasteiger partial charge in [-0.1, -0.05) is 6.92 Å². The number of carbonyl (C=O) groups excluding carboxylic acids is 1. The van der Waals surface area contributed by atoms with Gasteiger partial charge in [0.1, 0.15) is 5.82 Å². The highest BCUT2D eigenvalue weighted by molar-refractivity contribution is 7.84. The molecule has 5 nitrogen and oxygen atoms in total. The number of hydrogen-bond donors (Lipinski definition) is 2. The van der Waals surface area contributed by atoms with E-state index in [1.54, 1.807) is 24.6 Å². The molecule has 0 aliphatic rings. The molecule has 0 aliphatic carbocycles. The van der Waals surface area contributed by atoms with Crippen LogP contribution < -0.4 is 10.6 Å². The fraction of sp³-hybridized carbons (Fsp3) is 0.538. The summed E-state index contributed by atoms with van der Waals surface area (Å²) in [6.07, 6.45) is 4.03. The second kappa shape index (κ2) is 7.89. The van der Waals surface area contributed by atoms with Crippen LogP contribution in [0.4, 0.5) is 5.82 Å². The molecule has 2 unspecified atom stereocenters. The van der Waals surface area contributed by atoms with E-state index in [0.29, 0.717) is 30.9 Å². The van der Waals surface area contributed by atoms with Crippen molar-refractivity contribution in [1.82, 2.24) is 10.3 Å². The van der Waals surface area contributed by atoms with E-state index in [9.17, 15) is 9.00 Å². The number of hydrogen-bond acceptors (Lipinski definition) is 4. The molecule has 0 aromatic carbocycles. The third kappa shape index (κ3) is 4.98. The van der Waals surface area contributed by atoms with Crippen molar-refractivity contribution in [3.8, 4) is 0 Å². The highest BCUT2D eigenvalue weighted by Crippen LogP contribution is 2.10. The molecule has 106 valence electrons. The van der Waals surface area contributed by atoms with E-state index in [1.807, 2.05) is 13.8 Å². The van der Waals surface area contributed by atoms with Crippen molar-refractivity contribution in [2.75, 3.05) is 24.7 Å². The van der Waals surface area contributed by atoms with Gasteiger partial charge in [0, 0.05) is 41.6 Å². The van der Waals surface area contributed by atoms with Crippen LogP contribution in [-0.4, -0.2) is 39.7 Å². The van der Waals surface area contributed by atoms with Crippen LogP contribution in [0.5, 0.6) is 0 Å². The van der Waals surface area contributed by atoms with Gasteiger partial charge < -0.3 is 10.6 Å². The van der Waals surface area contributed by atoms with Crippen LogP contribution in [0, 0.1) is 0 Å². The van der Waals surface area contributed by atoms with Gasteiger partial charge in [0.15, 0.2) is 0 Å². The molecule has 1 heterocycles. The van der Waals surface area contributed by atoms with Gasteiger partial charge >= 0.3 is 0 Å². The smallest absolute Gasteiger partial charge is 0.255 e. The second-order valence-electron chi connectivity index (χ2n) is 4.28. The van der Waals surface area contributed by atoms with E-state index in [4.69, 9.17) is 0 Å². The third-order valence-electron chi connectivity index (χ3n) is 2.80. The van der Waals surface area contributed by atoms with Crippen LogP contribution in [0.3, 0.4) is 0 Å². The summed E-state index contributed by atoms with van der Waals surface area (Å²) in [6, 6.07) is 3.47. The largest absolute Gasteiger partial charge is 0.370 e. The Morgan fingerprint density at radius 1 is 1.53 bits per heavy atom. The molecule has 1 amide bonds. The summed E-state index contributed by atoms with van der Waals surface area (Å²) >= 11 is 0. The van der Waals surface area contributed by atoms with Gasteiger partial charge in [-0.3, -0.25) is 9.00 Å². The van der Waals surface area contributed by atoms with Crippen LogP contribution in [0.15, 0.2) is 18.3 Å². The maximum Gasteiger partial charge on any atom is 0.255 e. The zero-order valence-electron chi connectivity index (χ0n) is 11.6. The van der Waals surface area contributed by atoms with E-state index < -0.39 is 10.8 Å². The number of carbonyl (C=O) groups is 1. The standard InChI is InChI=1S/C13H21N3O2S/c1-4-14-12-11(6-5-8-15-12)13(17)16-9-7-10(2)19(3)18/h5-6,8,10H,4,7,9H2,1-3H3,(H,14,15)(H,16,17). The molecule has 0 spiro atoms. The summed E-state index contributed by atoms with van der Waals surface area (Å²) in [6.45, 7) is 5.09. The number of anilines is 1. The topological polar surface area (TPSA) is 71.1 Å². The molecule has 0 aliphatic heterocycles. The fourth-order valence-corrected chi connectivity index (χ4v) is 2.00. The van der Waals surface area contributed by atoms with Crippen LogP contribution >= 0.6 is 0 Å². The Morgan fingerprint density at radius 3 is 2.89 bits per heavy atom. The Kier molecular flexibility index (Phi) is 6.49. The number of nitrogens with one attached hydrogen (secondary N) is 2. The molecule has 0 radical (unpaired) electrons. The second-order valence-corrected chi connectivity index (χ2v) is 6.09. The van der Waals surface area contributed by atoms with E-state index in [0.717, 1.165) is 0 Å². The lowest BCUT2D eigenvalue weighted by Crippen LogP contribution is -2.28. The first-order chi connectivity index (χ1) is 9.06. The van der Waals surface area contributed by atoms with Gasteiger partial charge in [0.25, 0.3) is 5.91 Å². The van der Waals surface area contributed by atoms with Crippen LogP contribution in [0.1, 0.15) is 30.6 Å². The van der Waals surface area contributed by atoms with Gasteiger partial charge in [0.05, 0.1) is 5.56 Å². The van der Waals surface area contributed by atoms with E-state index in [1.165, 1.54) is 0 Å². The minimum Gasteiger partial charge on any atom is -0.370 e. The lowest BCUT2D eigenvalue weighted by Gasteiger charge is -2.11. The summed E-state index contributed by atoms with van der Waals surface area (Å²) in [4.78, 5) is 16.2. The maximum atomic E-state index is 12.0. The van der Waals surface area contributed by atoms with Crippen LogP contribution in [0.25, 0.3) is 0 Å². The summed E-state index contributed by atoms with van der Waals surface area (Å²) in [5.41, 5.74) is 0.537. The number of rotatable bonds is 7. The molecule has 0 fully saturated rings. The lowest BCUT2D eigenvalue weighted by molar-refractivity contribution is 0.0954. The van der Waals surface area contributed by atoms with Crippen molar-refractivity contribution in [3.63, 3.8) is 0 Å². The van der Waals surface area contributed by atoms with Crippen molar-refractivity contribution in [1.29, 1.82) is 0 Å². The molecule has 0 bridgehead atoms. The first-order valence-corrected chi connectivity index (χ1v) is 7.97. The Bertz CT molecular complexity index is 451. The van der Waals surface area contributed by atoms with Gasteiger partial charge in [-0.05, 0) is 25.5 Å². The summed E-state index contributed by atoms with van der Waals surface area (Å²) in [7, 11) is -0.853. The number of amides is 1. The third-order valence-corrected chi connectivity index (χ3v) is 4.17. The van der Waals surface area contributed by atoms with Gasteiger partial charge in [-0.15, -0.1) is 0 Å². The Balaban J connectivity index is 2.56. The molecule has 1 rings (SSSR count). The van der Waals surface area contributed by atoms with Crippen LogP contribution in [0.2, 0.25) is 0 Å². The van der Waals surface area contributed by atoms with E-state index >= 15 is 0 Å². The molecule has 1 aromatic heterocycles. The molecule has 6 heteroatoms. The zero-order chi connectivity index (χ0) is 14.3. The van der Waals surface area contributed by atoms with Crippen LogP contribution in [-0.2, 0) is 10.8 Å². The molecular formula is C13H21N3O2S. The molecule has 2 N–H and O–H groups in total. The van der Waals surface area contributed by atoms with Crippen molar-refractivity contribution < 1.29 is 9.00 Å². The first kappa shape index (κ1) is 15.6. The average molecular weight is 283 g/mol. The maximum absolute atomic E-state index is 12.0. The molecule has 1 aromatic rings. The minimum atomic E-state index is -0.853. The quantitative estimate of drug-likeness (QED) is 0.793. The predicted molar refractivity (Wildman–Crippen MR) is 78.9 cm³/mol. The number of aromatic nitrogens is 1. The summed E-state index contributed by atoms with van der Waals surface area (Å²) in [5, 5.41) is 5.97. The molecule has 0 saturated carbocycles. The zero-order valence-corrected chi connectivity index (χ0v) is 12.4. The summed E-state index contributed by atoms with van der Waals surface area (Å²) < 4.78 is 11.2. The SMILES string of the molecule is CCNc1ncccc1C(=O)NCCC(C)S(C)=O. The van der Waals surface area contributed by atoms with Gasteiger partial charge in [-0.2, -0.15) is 0 Å². The monoisotopic (exact) mass is 283 g/mol. The Morgan fingerprint density at radius 2 is 2.26 bits per heavy atom. The fourth-order valence-electron chi connectivity index (χ4n) is 1.55. The molecule has 19 heavy (non-hydrogen) atoms. The van der Waals surface area contributed by atoms with Gasteiger partial charge in [-0.25, -0.2) is 4.98 Å². The normalized spacial score (nSPS) is 13.6.